The second kappa shape index (κ2) is 5.51. The van der Waals surface area contributed by atoms with E-state index < -0.39 is 5.97 Å². The van der Waals surface area contributed by atoms with Crippen molar-refractivity contribution in [3.63, 3.8) is 0 Å². The molecule has 0 radical (unpaired) electrons. The van der Waals surface area contributed by atoms with Crippen LogP contribution in [0.3, 0.4) is 0 Å². The first-order valence-corrected chi connectivity index (χ1v) is 5.86. The minimum atomic E-state index is -1.03. The van der Waals surface area contributed by atoms with E-state index in [2.05, 4.69) is 4.98 Å². The lowest BCUT2D eigenvalue weighted by molar-refractivity contribution is -0.143. The SMILES string of the molecule is CN(CC(=O)O)C(=O)CCc1nc2ccccc2o1. The molecule has 0 spiro atoms. The van der Waals surface area contributed by atoms with Gasteiger partial charge in [0.05, 0.1) is 0 Å². The minimum absolute atomic E-state index is 0.177. The van der Waals surface area contributed by atoms with E-state index >= 15 is 0 Å². The molecule has 1 heterocycles. The van der Waals surface area contributed by atoms with Gasteiger partial charge in [-0.05, 0) is 12.1 Å². The van der Waals surface area contributed by atoms with Crippen molar-refractivity contribution < 1.29 is 19.1 Å². The van der Waals surface area contributed by atoms with Crippen molar-refractivity contribution in [1.29, 1.82) is 0 Å². The van der Waals surface area contributed by atoms with Gasteiger partial charge in [0, 0.05) is 19.9 Å². The van der Waals surface area contributed by atoms with Gasteiger partial charge >= 0.3 is 5.97 Å². The van der Waals surface area contributed by atoms with Gasteiger partial charge in [-0.2, -0.15) is 0 Å². The molecule has 0 fully saturated rings. The van der Waals surface area contributed by atoms with Gasteiger partial charge in [-0.25, -0.2) is 4.98 Å². The number of oxazole rings is 1. The van der Waals surface area contributed by atoms with Gasteiger partial charge in [-0.15, -0.1) is 0 Å². The summed E-state index contributed by atoms with van der Waals surface area (Å²) < 4.78 is 5.48. The number of aliphatic carboxylic acids is 1. The fraction of sp³-hybridized carbons (Fsp3) is 0.308. The van der Waals surface area contributed by atoms with E-state index in [-0.39, 0.29) is 18.9 Å². The number of likely N-dealkylation sites (N-methyl/N-ethyl adjacent to an activating group) is 1. The molecular formula is C13H14N2O4. The quantitative estimate of drug-likeness (QED) is 0.878. The lowest BCUT2D eigenvalue weighted by atomic mass is 10.3. The molecule has 0 bridgehead atoms. The second-order valence-corrected chi connectivity index (χ2v) is 4.22. The molecule has 1 amide bonds. The average molecular weight is 262 g/mol. The molecule has 6 nitrogen and oxygen atoms in total. The number of carbonyl (C=O) groups is 2. The zero-order valence-corrected chi connectivity index (χ0v) is 10.5. The van der Waals surface area contributed by atoms with Crippen molar-refractivity contribution in [2.24, 2.45) is 0 Å². The van der Waals surface area contributed by atoms with E-state index in [4.69, 9.17) is 9.52 Å². The Balaban J connectivity index is 1.94. The highest BCUT2D eigenvalue weighted by molar-refractivity contribution is 5.81. The Bertz CT molecular complexity index is 572. The molecule has 1 N–H and O–H groups in total. The number of nitrogens with zero attached hydrogens (tertiary/aromatic N) is 2. The molecule has 0 aliphatic carbocycles. The first-order valence-electron chi connectivity index (χ1n) is 5.86. The number of para-hydroxylation sites is 2. The lowest BCUT2D eigenvalue weighted by Crippen LogP contribution is -2.32. The Morgan fingerprint density at radius 1 is 1.37 bits per heavy atom. The normalized spacial score (nSPS) is 10.6. The van der Waals surface area contributed by atoms with E-state index in [0.29, 0.717) is 17.9 Å². The summed E-state index contributed by atoms with van der Waals surface area (Å²) in [6, 6.07) is 7.36. The summed E-state index contributed by atoms with van der Waals surface area (Å²) in [5.74, 6) is -0.791. The molecule has 0 aliphatic rings. The van der Waals surface area contributed by atoms with Crippen LogP contribution in [0.5, 0.6) is 0 Å². The predicted molar refractivity (Wildman–Crippen MR) is 67.6 cm³/mol. The summed E-state index contributed by atoms with van der Waals surface area (Å²) >= 11 is 0. The third-order valence-electron chi connectivity index (χ3n) is 2.69. The van der Waals surface area contributed by atoms with Gasteiger partial charge < -0.3 is 14.4 Å². The molecule has 0 saturated heterocycles. The van der Waals surface area contributed by atoms with Crippen LogP contribution in [0.25, 0.3) is 11.1 Å². The molecule has 1 aromatic carbocycles. The monoisotopic (exact) mass is 262 g/mol. The van der Waals surface area contributed by atoms with Crippen molar-refractivity contribution in [2.75, 3.05) is 13.6 Å². The van der Waals surface area contributed by atoms with E-state index in [1.807, 2.05) is 24.3 Å². The van der Waals surface area contributed by atoms with Crippen LogP contribution in [0, 0.1) is 0 Å². The highest BCUT2D eigenvalue weighted by atomic mass is 16.4. The zero-order chi connectivity index (χ0) is 13.8. The average Bonchev–Trinajstić information content (AvgIpc) is 2.77. The number of aromatic nitrogens is 1. The number of hydrogen-bond acceptors (Lipinski definition) is 4. The smallest absolute Gasteiger partial charge is 0.323 e. The van der Waals surface area contributed by atoms with Crippen LogP contribution in [0.4, 0.5) is 0 Å². The molecule has 6 heteroatoms. The summed E-state index contributed by atoms with van der Waals surface area (Å²) in [6.45, 7) is -0.299. The van der Waals surface area contributed by atoms with Crippen LogP contribution in [0.2, 0.25) is 0 Å². The Labute approximate surface area is 109 Å². The maximum Gasteiger partial charge on any atom is 0.323 e. The van der Waals surface area contributed by atoms with E-state index in [1.165, 1.54) is 11.9 Å². The summed E-state index contributed by atoms with van der Waals surface area (Å²) in [5.41, 5.74) is 1.44. The van der Waals surface area contributed by atoms with Crippen LogP contribution < -0.4 is 0 Å². The van der Waals surface area contributed by atoms with E-state index in [1.54, 1.807) is 0 Å². The molecule has 0 atom stereocenters. The van der Waals surface area contributed by atoms with Crippen LogP contribution in [0.15, 0.2) is 28.7 Å². The maximum atomic E-state index is 11.7. The molecule has 0 unspecified atom stereocenters. The molecule has 2 aromatic rings. The fourth-order valence-electron chi connectivity index (χ4n) is 1.72. The molecule has 2 rings (SSSR count). The third-order valence-corrected chi connectivity index (χ3v) is 2.69. The number of carbonyl (C=O) groups excluding carboxylic acids is 1. The number of hydrogen-bond donors (Lipinski definition) is 1. The standard InChI is InChI=1S/C13H14N2O4/c1-15(8-13(17)18)12(16)7-6-11-14-9-4-2-3-5-10(9)19-11/h2-5H,6-8H2,1H3,(H,17,18). The fourth-order valence-corrected chi connectivity index (χ4v) is 1.72. The van der Waals surface area contributed by atoms with Gasteiger partial charge in [0.15, 0.2) is 11.5 Å². The predicted octanol–water partition coefficient (Wildman–Crippen LogP) is 1.30. The molecular weight excluding hydrogens is 248 g/mol. The van der Waals surface area contributed by atoms with E-state index in [0.717, 1.165) is 5.52 Å². The van der Waals surface area contributed by atoms with Crippen molar-refractivity contribution in [2.45, 2.75) is 12.8 Å². The highest BCUT2D eigenvalue weighted by Crippen LogP contribution is 2.15. The molecule has 100 valence electrons. The Morgan fingerprint density at radius 2 is 2.11 bits per heavy atom. The van der Waals surface area contributed by atoms with Crippen molar-refractivity contribution in [1.82, 2.24) is 9.88 Å². The van der Waals surface area contributed by atoms with Crippen LogP contribution in [-0.2, 0) is 16.0 Å². The van der Waals surface area contributed by atoms with Crippen LogP contribution >= 0.6 is 0 Å². The van der Waals surface area contributed by atoms with Gasteiger partial charge in [0.25, 0.3) is 0 Å². The van der Waals surface area contributed by atoms with Crippen molar-refractivity contribution >= 4 is 23.0 Å². The number of amides is 1. The van der Waals surface area contributed by atoms with Gasteiger partial charge in [0.2, 0.25) is 5.91 Å². The first-order chi connectivity index (χ1) is 9.06. The lowest BCUT2D eigenvalue weighted by Gasteiger charge is -2.13. The van der Waals surface area contributed by atoms with Crippen LogP contribution in [0.1, 0.15) is 12.3 Å². The van der Waals surface area contributed by atoms with Crippen molar-refractivity contribution in [3.8, 4) is 0 Å². The topological polar surface area (TPSA) is 83.6 Å². The van der Waals surface area contributed by atoms with Crippen molar-refractivity contribution in [3.05, 3.63) is 30.2 Å². The molecule has 0 aliphatic heterocycles. The maximum absolute atomic E-state index is 11.7. The van der Waals surface area contributed by atoms with E-state index in [9.17, 15) is 9.59 Å². The van der Waals surface area contributed by atoms with Gasteiger partial charge in [0.1, 0.15) is 12.1 Å². The first kappa shape index (κ1) is 13.1. The highest BCUT2D eigenvalue weighted by Gasteiger charge is 2.13. The number of benzene rings is 1. The number of aryl methyl sites for hydroxylation is 1. The summed E-state index contributed by atoms with van der Waals surface area (Å²) in [4.78, 5) is 27.6. The van der Waals surface area contributed by atoms with Gasteiger partial charge in [-0.3, -0.25) is 9.59 Å². The Kier molecular flexibility index (Phi) is 3.79. The largest absolute Gasteiger partial charge is 0.480 e. The number of carboxylic acid groups (broad SMARTS) is 1. The second-order valence-electron chi connectivity index (χ2n) is 4.22. The number of fused-ring (bicyclic) bond motifs is 1. The summed E-state index contributed by atoms with van der Waals surface area (Å²) in [7, 11) is 1.46. The Morgan fingerprint density at radius 3 is 2.79 bits per heavy atom. The Hall–Kier alpha value is -2.37. The molecule has 1 aromatic heterocycles. The van der Waals surface area contributed by atoms with Crippen LogP contribution in [-0.4, -0.2) is 40.5 Å². The third kappa shape index (κ3) is 3.31. The number of carboxylic acids is 1. The summed E-state index contributed by atoms with van der Waals surface area (Å²) in [5, 5.41) is 8.59. The molecule has 0 saturated carbocycles. The minimum Gasteiger partial charge on any atom is -0.480 e. The number of rotatable bonds is 5. The van der Waals surface area contributed by atoms with Gasteiger partial charge in [-0.1, -0.05) is 12.1 Å². The summed E-state index contributed by atoms with van der Waals surface area (Å²) in [6.07, 6.45) is 0.536. The zero-order valence-electron chi connectivity index (χ0n) is 10.5. The molecule has 19 heavy (non-hydrogen) atoms.